The van der Waals surface area contributed by atoms with Crippen LogP contribution in [0.4, 0.5) is 0 Å². The Balaban J connectivity index is 2.60. The van der Waals surface area contributed by atoms with Crippen molar-refractivity contribution < 1.29 is 0 Å². The van der Waals surface area contributed by atoms with Crippen LogP contribution < -0.4 is 0 Å². The minimum Gasteiger partial charge on any atom is -0.0996 e. The van der Waals surface area contributed by atoms with Gasteiger partial charge < -0.3 is 0 Å². The van der Waals surface area contributed by atoms with E-state index >= 15 is 0 Å². The van der Waals surface area contributed by atoms with Gasteiger partial charge in [0.2, 0.25) is 0 Å². The van der Waals surface area contributed by atoms with Crippen molar-refractivity contribution in [2.24, 2.45) is 17.3 Å². The zero-order valence-electron chi connectivity index (χ0n) is 8.98. The molecule has 1 atom stereocenters. The summed E-state index contributed by atoms with van der Waals surface area (Å²) in [6.07, 6.45) is 3.95. The quantitative estimate of drug-likeness (QED) is 0.516. The van der Waals surface area contributed by atoms with E-state index < -0.39 is 0 Å². The van der Waals surface area contributed by atoms with Crippen molar-refractivity contribution in [3.05, 3.63) is 12.2 Å². The Hall–Kier alpha value is -0.260. The van der Waals surface area contributed by atoms with E-state index in [4.69, 9.17) is 0 Å². The van der Waals surface area contributed by atoms with E-state index in [9.17, 15) is 0 Å². The summed E-state index contributed by atoms with van der Waals surface area (Å²) in [6, 6.07) is 0. The average molecular weight is 166 g/mol. The summed E-state index contributed by atoms with van der Waals surface area (Å²) < 4.78 is 0. The fraction of sp³-hybridized carbons (Fsp3) is 0.833. The smallest absolute Gasteiger partial charge is 0.0182 e. The third-order valence-electron chi connectivity index (χ3n) is 3.17. The first-order chi connectivity index (χ1) is 5.42. The summed E-state index contributed by atoms with van der Waals surface area (Å²) in [7, 11) is 0. The summed E-state index contributed by atoms with van der Waals surface area (Å²) in [5.41, 5.74) is 2.00. The maximum absolute atomic E-state index is 4.21. The van der Waals surface area contributed by atoms with E-state index in [0.717, 1.165) is 11.8 Å². The fourth-order valence-electron chi connectivity index (χ4n) is 2.39. The highest BCUT2D eigenvalue weighted by atomic mass is 14.4. The van der Waals surface area contributed by atoms with Gasteiger partial charge in [-0.1, -0.05) is 39.8 Å². The van der Waals surface area contributed by atoms with Gasteiger partial charge in [0, 0.05) is 0 Å². The molecule has 0 N–H and O–H groups in total. The van der Waals surface area contributed by atoms with Gasteiger partial charge in [-0.3, -0.25) is 0 Å². The van der Waals surface area contributed by atoms with Crippen LogP contribution in [0.5, 0.6) is 0 Å². The van der Waals surface area contributed by atoms with Crippen LogP contribution >= 0.6 is 0 Å². The molecule has 1 saturated carbocycles. The summed E-state index contributed by atoms with van der Waals surface area (Å²) >= 11 is 0. The van der Waals surface area contributed by atoms with Gasteiger partial charge in [-0.05, 0) is 36.5 Å². The molecule has 12 heavy (non-hydrogen) atoms. The van der Waals surface area contributed by atoms with E-state index in [0.29, 0.717) is 5.41 Å². The van der Waals surface area contributed by atoms with Crippen LogP contribution in [0.3, 0.4) is 0 Å². The molecule has 0 saturated heterocycles. The van der Waals surface area contributed by atoms with Crippen LogP contribution in [-0.4, -0.2) is 0 Å². The van der Waals surface area contributed by atoms with Crippen LogP contribution in [0, 0.1) is 17.3 Å². The molecule has 0 nitrogen and oxygen atoms in total. The molecule has 0 aliphatic heterocycles. The molecule has 0 bridgehead atoms. The number of hydrogen-bond acceptors (Lipinski definition) is 0. The van der Waals surface area contributed by atoms with Crippen molar-refractivity contribution in [1.29, 1.82) is 0 Å². The Morgan fingerprint density at radius 3 is 2.42 bits per heavy atom. The number of rotatable bonds is 1. The normalized spacial score (nSPS) is 29.4. The molecule has 0 amide bonds. The Bertz CT molecular complexity index is 174. The molecular weight excluding hydrogens is 144 g/mol. The first-order valence-corrected chi connectivity index (χ1v) is 5.10. The summed E-state index contributed by atoms with van der Waals surface area (Å²) in [5, 5.41) is 0. The Morgan fingerprint density at radius 1 is 1.42 bits per heavy atom. The van der Waals surface area contributed by atoms with Gasteiger partial charge in [-0.15, -0.1) is 0 Å². The van der Waals surface area contributed by atoms with Gasteiger partial charge in [0.15, 0.2) is 0 Å². The lowest BCUT2D eigenvalue weighted by Crippen LogP contribution is -2.25. The first kappa shape index (κ1) is 9.83. The van der Waals surface area contributed by atoms with Crippen LogP contribution in [0.2, 0.25) is 0 Å². The zero-order chi connectivity index (χ0) is 9.35. The van der Waals surface area contributed by atoms with Crippen molar-refractivity contribution in [3.8, 4) is 0 Å². The highest BCUT2D eigenvalue weighted by Gasteiger charge is 2.30. The SMILES string of the molecule is C=C1CC(C)(C)CC[C@H]1C(C)C. The van der Waals surface area contributed by atoms with Gasteiger partial charge in [0.05, 0.1) is 0 Å². The first-order valence-electron chi connectivity index (χ1n) is 5.10. The molecule has 0 aromatic heterocycles. The van der Waals surface area contributed by atoms with Crippen molar-refractivity contribution in [2.75, 3.05) is 0 Å². The van der Waals surface area contributed by atoms with E-state index in [1.165, 1.54) is 24.8 Å². The molecule has 0 heteroatoms. The van der Waals surface area contributed by atoms with Crippen molar-refractivity contribution in [3.63, 3.8) is 0 Å². The molecule has 1 aliphatic carbocycles. The van der Waals surface area contributed by atoms with Gasteiger partial charge in [-0.2, -0.15) is 0 Å². The molecule has 70 valence electrons. The molecule has 0 aromatic carbocycles. The molecule has 1 rings (SSSR count). The molecule has 0 radical (unpaired) electrons. The Morgan fingerprint density at radius 2 is 2.00 bits per heavy atom. The van der Waals surface area contributed by atoms with E-state index in [1.54, 1.807) is 0 Å². The van der Waals surface area contributed by atoms with E-state index in [-0.39, 0.29) is 0 Å². The number of hydrogen-bond donors (Lipinski definition) is 0. The van der Waals surface area contributed by atoms with E-state index in [1.807, 2.05) is 0 Å². The topological polar surface area (TPSA) is 0 Å². The van der Waals surface area contributed by atoms with E-state index in [2.05, 4.69) is 34.3 Å². The maximum atomic E-state index is 4.21. The second-order valence-corrected chi connectivity index (χ2v) is 5.39. The minimum atomic E-state index is 0.516. The lowest BCUT2D eigenvalue weighted by Gasteiger charge is -2.38. The molecule has 0 unspecified atom stereocenters. The van der Waals surface area contributed by atoms with Gasteiger partial charge in [0.1, 0.15) is 0 Å². The Kier molecular flexibility index (Phi) is 2.65. The minimum absolute atomic E-state index is 0.516. The van der Waals surface area contributed by atoms with Gasteiger partial charge >= 0.3 is 0 Å². The molecule has 0 aromatic rings. The van der Waals surface area contributed by atoms with Crippen LogP contribution in [0.15, 0.2) is 12.2 Å². The molecule has 1 aliphatic rings. The lowest BCUT2D eigenvalue weighted by molar-refractivity contribution is 0.221. The highest BCUT2D eigenvalue weighted by Crippen LogP contribution is 2.43. The predicted octanol–water partition coefficient (Wildman–Crippen LogP) is 4.02. The standard InChI is InChI=1S/C12H22/c1-9(2)11-6-7-12(4,5)8-10(11)3/h9,11H,3,6-8H2,1-2,4-5H3/t11-/m0/s1. The van der Waals surface area contributed by atoms with Crippen molar-refractivity contribution in [2.45, 2.75) is 47.0 Å². The van der Waals surface area contributed by atoms with Crippen LogP contribution in [0.1, 0.15) is 47.0 Å². The molecule has 0 heterocycles. The second kappa shape index (κ2) is 3.24. The van der Waals surface area contributed by atoms with Crippen LogP contribution in [0.25, 0.3) is 0 Å². The fourth-order valence-corrected chi connectivity index (χ4v) is 2.39. The third kappa shape index (κ3) is 2.12. The number of allylic oxidation sites excluding steroid dienone is 1. The monoisotopic (exact) mass is 166 g/mol. The predicted molar refractivity (Wildman–Crippen MR) is 55.1 cm³/mol. The van der Waals surface area contributed by atoms with Gasteiger partial charge in [0.25, 0.3) is 0 Å². The molecule has 1 fully saturated rings. The average Bonchev–Trinajstić information content (AvgIpc) is 1.83. The van der Waals surface area contributed by atoms with Crippen molar-refractivity contribution in [1.82, 2.24) is 0 Å². The summed E-state index contributed by atoms with van der Waals surface area (Å²) in [5.74, 6) is 1.58. The summed E-state index contributed by atoms with van der Waals surface area (Å²) in [4.78, 5) is 0. The second-order valence-electron chi connectivity index (χ2n) is 5.39. The largest absolute Gasteiger partial charge is 0.0996 e. The van der Waals surface area contributed by atoms with Crippen molar-refractivity contribution >= 4 is 0 Å². The maximum Gasteiger partial charge on any atom is -0.0182 e. The highest BCUT2D eigenvalue weighted by molar-refractivity contribution is 5.08. The summed E-state index contributed by atoms with van der Waals surface area (Å²) in [6.45, 7) is 13.6. The Labute approximate surface area is 77.1 Å². The molecule has 0 spiro atoms. The van der Waals surface area contributed by atoms with Gasteiger partial charge in [-0.25, -0.2) is 0 Å². The molecular formula is C12H22. The zero-order valence-corrected chi connectivity index (χ0v) is 8.98. The third-order valence-corrected chi connectivity index (χ3v) is 3.17. The van der Waals surface area contributed by atoms with Crippen LogP contribution in [-0.2, 0) is 0 Å². The lowest BCUT2D eigenvalue weighted by atomic mass is 9.68.